The monoisotopic (exact) mass is 219 g/mol. The standard InChI is InChI=1S/C14H21NO/c1-3-15-13-5-4-6-14(13)16-12-9-7-11(2)8-10-12/h7-10,13-15H,3-6H2,1-2H3. The van der Waals surface area contributed by atoms with Crippen molar-refractivity contribution in [2.45, 2.75) is 45.3 Å². The normalized spacial score (nSPS) is 24.6. The van der Waals surface area contributed by atoms with E-state index in [4.69, 9.17) is 4.74 Å². The van der Waals surface area contributed by atoms with Crippen molar-refractivity contribution < 1.29 is 4.74 Å². The Balaban J connectivity index is 1.95. The van der Waals surface area contributed by atoms with E-state index >= 15 is 0 Å². The molecule has 1 aromatic rings. The van der Waals surface area contributed by atoms with Crippen LogP contribution in [0.15, 0.2) is 24.3 Å². The Hall–Kier alpha value is -1.02. The Morgan fingerprint density at radius 1 is 1.25 bits per heavy atom. The maximum Gasteiger partial charge on any atom is 0.119 e. The summed E-state index contributed by atoms with van der Waals surface area (Å²) in [6, 6.07) is 8.87. The van der Waals surface area contributed by atoms with Gasteiger partial charge in [0.15, 0.2) is 0 Å². The molecule has 1 N–H and O–H groups in total. The van der Waals surface area contributed by atoms with Gasteiger partial charge in [0.2, 0.25) is 0 Å². The van der Waals surface area contributed by atoms with Crippen LogP contribution in [0, 0.1) is 6.92 Å². The van der Waals surface area contributed by atoms with Crippen LogP contribution in [0.25, 0.3) is 0 Å². The molecule has 16 heavy (non-hydrogen) atoms. The van der Waals surface area contributed by atoms with Crippen LogP contribution in [0.5, 0.6) is 5.75 Å². The third-order valence-corrected chi connectivity index (χ3v) is 3.23. The number of likely N-dealkylation sites (N-methyl/N-ethyl adjacent to an activating group) is 1. The van der Waals surface area contributed by atoms with Gasteiger partial charge < -0.3 is 10.1 Å². The summed E-state index contributed by atoms with van der Waals surface area (Å²) in [6.07, 6.45) is 4.03. The van der Waals surface area contributed by atoms with E-state index in [0.717, 1.165) is 12.3 Å². The molecule has 2 nitrogen and oxygen atoms in total. The van der Waals surface area contributed by atoms with E-state index in [0.29, 0.717) is 12.1 Å². The highest BCUT2D eigenvalue weighted by molar-refractivity contribution is 5.26. The zero-order valence-electron chi connectivity index (χ0n) is 10.2. The van der Waals surface area contributed by atoms with Crippen molar-refractivity contribution in [3.8, 4) is 5.75 Å². The summed E-state index contributed by atoms with van der Waals surface area (Å²) in [5.41, 5.74) is 1.28. The summed E-state index contributed by atoms with van der Waals surface area (Å²) < 4.78 is 6.03. The number of rotatable bonds is 4. The number of hydrogen-bond donors (Lipinski definition) is 1. The zero-order valence-corrected chi connectivity index (χ0v) is 10.2. The minimum absolute atomic E-state index is 0.350. The van der Waals surface area contributed by atoms with E-state index in [1.165, 1.54) is 24.8 Å². The lowest BCUT2D eigenvalue weighted by Crippen LogP contribution is -2.38. The third kappa shape index (κ3) is 2.76. The van der Waals surface area contributed by atoms with Gasteiger partial charge in [0.25, 0.3) is 0 Å². The Morgan fingerprint density at radius 2 is 2.00 bits per heavy atom. The largest absolute Gasteiger partial charge is 0.489 e. The van der Waals surface area contributed by atoms with Gasteiger partial charge in [0.05, 0.1) is 0 Å². The highest BCUT2D eigenvalue weighted by Gasteiger charge is 2.27. The van der Waals surface area contributed by atoms with E-state index in [1.807, 2.05) is 0 Å². The molecule has 2 rings (SSSR count). The summed E-state index contributed by atoms with van der Waals surface area (Å²) in [4.78, 5) is 0. The van der Waals surface area contributed by atoms with Gasteiger partial charge in [-0.3, -0.25) is 0 Å². The van der Waals surface area contributed by atoms with E-state index in [1.54, 1.807) is 0 Å². The number of aryl methyl sites for hydroxylation is 1. The fraction of sp³-hybridized carbons (Fsp3) is 0.571. The topological polar surface area (TPSA) is 21.3 Å². The molecule has 88 valence electrons. The molecular weight excluding hydrogens is 198 g/mol. The summed E-state index contributed by atoms with van der Waals surface area (Å²) in [5, 5.41) is 3.50. The van der Waals surface area contributed by atoms with Gasteiger partial charge in [-0.25, -0.2) is 0 Å². The van der Waals surface area contributed by atoms with Crippen LogP contribution in [0.1, 0.15) is 31.7 Å². The van der Waals surface area contributed by atoms with Gasteiger partial charge >= 0.3 is 0 Å². The average molecular weight is 219 g/mol. The van der Waals surface area contributed by atoms with Crippen LogP contribution in [0.2, 0.25) is 0 Å². The molecule has 0 heterocycles. The lowest BCUT2D eigenvalue weighted by atomic mass is 10.2. The van der Waals surface area contributed by atoms with E-state index in [2.05, 4.69) is 43.4 Å². The zero-order chi connectivity index (χ0) is 11.4. The molecule has 1 saturated carbocycles. The molecule has 1 fully saturated rings. The first kappa shape index (κ1) is 11.5. The van der Waals surface area contributed by atoms with Gasteiger partial charge in [-0.2, -0.15) is 0 Å². The smallest absolute Gasteiger partial charge is 0.119 e. The van der Waals surface area contributed by atoms with Gasteiger partial charge in [-0.05, 0) is 44.9 Å². The maximum absolute atomic E-state index is 6.03. The lowest BCUT2D eigenvalue weighted by molar-refractivity contribution is 0.176. The number of ether oxygens (including phenoxy) is 1. The molecule has 2 unspecified atom stereocenters. The first-order valence-corrected chi connectivity index (χ1v) is 6.26. The number of benzene rings is 1. The summed E-state index contributed by atoms with van der Waals surface area (Å²) in [7, 11) is 0. The second-order valence-electron chi connectivity index (χ2n) is 4.56. The predicted molar refractivity (Wildman–Crippen MR) is 66.9 cm³/mol. The van der Waals surface area contributed by atoms with E-state index in [-0.39, 0.29) is 0 Å². The molecule has 2 heteroatoms. The van der Waals surface area contributed by atoms with Crippen molar-refractivity contribution in [1.82, 2.24) is 5.32 Å². The Morgan fingerprint density at radius 3 is 2.69 bits per heavy atom. The van der Waals surface area contributed by atoms with Crippen LogP contribution in [0.4, 0.5) is 0 Å². The third-order valence-electron chi connectivity index (χ3n) is 3.23. The molecule has 0 amide bonds. The van der Waals surface area contributed by atoms with Crippen LogP contribution >= 0.6 is 0 Å². The highest BCUT2D eigenvalue weighted by Crippen LogP contribution is 2.24. The Kier molecular flexibility index (Phi) is 3.83. The van der Waals surface area contributed by atoms with Crippen molar-refractivity contribution >= 4 is 0 Å². The van der Waals surface area contributed by atoms with Gasteiger partial charge in [0.1, 0.15) is 11.9 Å². The fourth-order valence-corrected chi connectivity index (χ4v) is 2.35. The molecule has 1 aromatic carbocycles. The number of nitrogens with one attached hydrogen (secondary N) is 1. The molecule has 2 atom stereocenters. The minimum atomic E-state index is 0.350. The predicted octanol–water partition coefficient (Wildman–Crippen LogP) is 2.90. The Labute approximate surface area is 98.0 Å². The minimum Gasteiger partial charge on any atom is -0.489 e. The van der Waals surface area contributed by atoms with Crippen LogP contribution in [-0.4, -0.2) is 18.7 Å². The molecule has 1 aliphatic carbocycles. The summed E-state index contributed by atoms with van der Waals surface area (Å²) >= 11 is 0. The summed E-state index contributed by atoms with van der Waals surface area (Å²) in [6.45, 7) is 5.28. The quantitative estimate of drug-likeness (QED) is 0.840. The first-order valence-electron chi connectivity index (χ1n) is 6.26. The van der Waals surface area contributed by atoms with Crippen LogP contribution in [0.3, 0.4) is 0 Å². The fourth-order valence-electron chi connectivity index (χ4n) is 2.35. The SMILES string of the molecule is CCNC1CCCC1Oc1ccc(C)cc1. The molecule has 0 bridgehead atoms. The molecule has 0 aromatic heterocycles. The second-order valence-corrected chi connectivity index (χ2v) is 4.56. The lowest BCUT2D eigenvalue weighted by Gasteiger charge is -2.21. The van der Waals surface area contributed by atoms with Crippen LogP contribution < -0.4 is 10.1 Å². The Bertz CT molecular complexity index is 320. The van der Waals surface area contributed by atoms with Crippen LogP contribution in [-0.2, 0) is 0 Å². The average Bonchev–Trinajstić information content (AvgIpc) is 2.70. The van der Waals surface area contributed by atoms with Crippen molar-refractivity contribution in [2.24, 2.45) is 0 Å². The second kappa shape index (κ2) is 5.35. The number of hydrogen-bond acceptors (Lipinski definition) is 2. The first-order chi connectivity index (χ1) is 7.79. The van der Waals surface area contributed by atoms with Crippen molar-refractivity contribution in [3.63, 3.8) is 0 Å². The molecule has 0 saturated heterocycles. The van der Waals surface area contributed by atoms with E-state index in [9.17, 15) is 0 Å². The van der Waals surface area contributed by atoms with Crippen molar-refractivity contribution in [1.29, 1.82) is 0 Å². The van der Waals surface area contributed by atoms with Gasteiger partial charge in [0, 0.05) is 6.04 Å². The molecule has 0 aliphatic heterocycles. The van der Waals surface area contributed by atoms with Gasteiger partial charge in [-0.1, -0.05) is 24.6 Å². The molecular formula is C14H21NO. The van der Waals surface area contributed by atoms with E-state index < -0.39 is 0 Å². The highest BCUT2D eigenvalue weighted by atomic mass is 16.5. The molecule has 0 radical (unpaired) electrons. The van der Waals surface area contributed by atoms with Gasteiger partial charge in [-0.15, -0.1) is 0 Å². The maximum atomic E-state index is 6.03. The molecule has 1 aliphatic rings. The van der Waals surface area contributed by atoms with Crippen molar-refractivity contribution in [2.75, 3.05) is 6.54 Å². The van der Waals surface area contributed by atoms with Crippen molar-refractivity contribution in [3.05, 3.63) is 29.8 Å². The molecule has 0 spiro atoms. The summed E-state index contributed by atoms with van der Waals surface area (Å²) in [5.74, 6) is 1.00.